The zero-order valence-electron chi connectivity index (χ0n) is 70.2. The van der Waals surface area contributed by atoms with Crippen molar-refractivity contribution in [1.29, 1.82) is 0 Å². The largest absolute Gasteiger partial charge is 0.398 e. The maximum absolute atomic E-state index is 5.81. The van der Waals surface area contributed by atoms with Crippen LogP contribution in [0.5, 0.6) is 0 Å². The highest BCUT2D eigenvalue weighted by Gasteiger charge is 2.25. The number of rotatable bonds is 1. The summed E-state index contributed by atoms with van der Waals surface area (Å²) in [5, 5.41) is 0. The molecular formula is C93H138N10. The van der Waals surface area contributed by atoms with E-state index in [0.29, 0.717) is 16.2 Å². The molecule has 10 nitrogen and oxygen atoms in total. The number of hydrogen-bond donors (Lipinski definition) is 1. The fraction of sp³-hybridized carbons (Fsp3) is 0.495. The van der Waals surface area contributed by atoms with E-state index in [1.54, 1.807) is 18.6 Å². The van der Waals surface area contributed by atoms with Crippen LogP contribution in [0.4, 0.5) is 5.69 Å². The van der Waals surface area contributed by atoms with Gasteiger partial charge in [0.05, 0.1) is 18.8 Å². The van der Waals surface area contributed by atoms with Crippen LogP contribution in [0.25, 0.3) is 5.57 Å². The van der Waals surface area contributed by atoms with Gasteiger partial charge < -0.3 is 5.73 Å². The number of hydrogen-bond acceptors (Lipinski definition) is 10. The molecule has 0 saturated carbocycles. The van der Waals surface area contributed by atoms with E-state index in [4.69, 9.17) is 5.73 Å². The number of pyridine rings is 4. The lowest BCUT2D eigenvalue weighted by molar-refractivity contribution is 0.416. The highest BCUT2D eigenvalue weighted by atomic mass is 14.9. The number of fused-ring (bicyclic) bond motifs is 1. The van der Waals surface area contributed by atoms with Gasteiger partial charge in [0.15, 0.2) is 0 Å². The molecule has 7 aromatic rings. The van der Waals surface area contributed by atoms with Gasteiger partial charge in [0.1, 0.15) is 5.82 Å². The molecule has 0 bridgehead atoms. The number of anilines is 1. The van der Waals surface area contributed by atoms with Crippen LogP contribution in [0, 0.1) is 28.6 Å². The summed E-state index contributed by atoms with van der Waals surface area (Å²) in [7, 11) is 0. The normalized spacial score (nSPS) is 13.8. The quantitative estimate of drug-likeness (QED) is 0.161. The number of allylic oxidation sites excluding steroid dienone is 6. The Balaban J connectivity index is 0.000000390. The van der Waals surface area contributed by atoms with Crippen LogP contribution in [-0.2, 0) is 38.9 Å². The monoisotopic (exact) mass is 1400 g/mol. The van der Waals surface area contributed by atoms with Crippen molar-refractivity contribution < 1.29 is 0 Å². The molecule has 103 heavy (non-hydrogen) atoms. The number of aromatic nitrogens is 6. The summed E-state index contributed by atoms with van der Waals surface area (Å²) in [6.07, 6.45) is 30.8. The van der Waals surface area contributed by atoms with Gasteiger partial charge in [-0.3, -0.25) is 34.9 Å². The van der Waals surface area contributed by atoms with Gasteiger partial charge in [-0.1, -0.05) is 299 Å². The van der Waals surface area contributed by atoms with E-state index in [9.17, 15) is 0 Å². The number of aliphatic imine (C=N–C) groups is 3. The molecule has 8 heterocycles. The number of nitrogens with two attached hydrogens (primary N) is 1. The second-order valence-corrected chi connectivity index (χ2v) is 37.0. The van der Waals surface area contributed by atoms with Crippen LogP contribution in [0.3, 0.4) is 0 Å². The molecule has 4 aliphatic rings. The second-order valence-electron chi connectivity index (χ2n) is 37.0. The van der Waals surface area contributed by atoms with E-state index in [2.05, 4.69) is 344 Å². The SMILES string of the molecule is CC(C)(C)C1=CCC=N1.CC(C)(C)C1=CCN=C1.CC(C)(C)C1=CCc2ncccc21.CC(C)(C)CC1=CCN=C1.CC(C)(C)c1ccccc1.CC(C)(C)c1ccccc1N.CC(C)(C)c1ccccn1.CC(C)(C)c1cccnc1.CC(C)(C)c1ncccn1.Cc1cc(C(C)(C)C)ccn1. The average Bonchev–Trinajstić information content (AvgIpc) is 1.67. The van der Waals surface area contributed by atoms with Crippen molar-refractivity contribution in [3.63, 3.8) is 0 Å². The molecule has 5 aromatic heterocycles. The Morgan fingerprint density at radius 2 is 0.942 bits per heavy atom. The first-order valence-electron chi connectivity index (χ1n) is 37.0. The first-order valence-corrected chi connectivity index (χ1v) is 37.0. The van der Waals surface area contributed by atoms with Crippen LogP contribution >= 0.6 is 0 Å². The Morgan fingerprint density at radius 1 is 0.398 bits per heavy atom. The van der Waals surface area contributed by atoms with E-state index >= 15 is 0 Å². The zero-order chi connectivity index (χ0) is 78.3. The molecule has 0 unspecified atom stereocenters. The summed E-state index contributed by atoms with van der Waals surface area (Å²) in [6, 6.07) is 38.9. The minimum atomic E-state index is 0.0707. The number of aryl methyl sites for hydroxylation is 1. The fourth-order valence-electron chi connectivity index (χ4n) is 10.1. The van der Waals surface area contributed by atoms with Gasteiger partial charge in [-0.25, -0.2) is 9.97 Å². The van der Waals surface area contributed by atoms with Crippen molar-refractivity contribution in [2.24, 2.45) is 36.6 Å². The Kier molecular flexibility index (Phi) is 36.0. The van der Waals surface area contributed by atoms with Crippen molar-refractivity contribution in [3.05, 3.63) is 251 Å². The van der Waals surface area contributed by atoms with E-state index in [-0.39, 0.29) is 37.9 Å². The van der Waals surface area contributed by atoms with E-state index in [1.165, 1.54) is 55.9 Å². The Labute approximate surface area is 628 Å². The number of para-hydroxylation sites is 1. The number of benzene rings is 2. The summed E-state index contributed by atoms with van der Waals surface area (Å²) < 4.78 is 0. The lowest BCUT2D eigenvalue weighted by Crippen LogP contribution is -2.14. The topological polar surface area (TPSA) is 140 Å². The summed E-state index contributed by atoms with van der Waals surface area (Å²) in [5.41, 5.74) is 24.6. The molecule has 10 heteroatoms. The number of nitrogens with zero attached hydrogens (tertiary/aromatic N) is 9. The van der Waals surface area contributed by atoms with Gasteiger partial charge in [-0.05, 0) is 144 Å². The molecule has 0 radical (unpaired) electrons. The second kappa shape index (κ2) is 40.8. The van der Waals surface area contributed by atoms with Crippen LogP contribution < -0.4 is 5.73 Å². The molecule has 0 atom stereocenters. The highest BCUT2D eigenvalue weighted by Crippen LogP contribution is 2.39. The molecule has 2 aromatic carbocycles. The van der Waals surface area contributed by atoms with Crippen molar-refractivity contribution in [1.82, 2.24) is 29.9 Å². The van der Waals surface area contributed by atoms with Crippen LogP contribution in [0.2, 0.25) is 0 Å². The third kappa shape index (κ3) is 37.8. The third-order valence-electron chi connectivity index (χ3n) is 16.2. The molecule has 0 amide bonds. The minimum Gasteiger partial charge on any atom is -0.398 e. The van der Waals surface area contributed by atoms with Crippen molar-refractivity contribution in [2.45, 2.75) is 266 Å². The minimum absolute atomic E-state index is 0.0707. The zero-order valence-corrected chi connectivity index (χ0v) is 70.2. The molecule has 3 aliphatic heterocycles. The van der Waals surface area contributed by atoms with Crippen LogP contribution in [-0.4, -0.2) is 61.6 Å². The lowest BCUT2D eigenvalue weighted by atomic mass is 9.84. The van der Waals surface area contributed by atoms with Crippen molar-refractivity contribution in [2.75, 3.05) is 18.8 Å². The van der Waals surface area contributed by atoms with Gasteiger partial charge in [-0.15, -0.1) is 0 Å². The van der Waals surface area contributed by atoms with Gasteiger partial charge in [0.2, 0.25) is 0 Å². The smallest absolute Gasteiger partial charge is 0.133 e. The lowest BCUT2D eigenvalue weighted by Gasteiger charge is -2.21. The maximum Gasteiger partial charge on any atom is 0.133 e. The molecule has 560 valence electrons. The van der Waals surface area contributed by atoms with Gasteiger partial charge in [0.25, 0.3) is 0 Å². The first kappa shape index (κ1) is 91.0. The molecule has 0 fully saturated rings. The predicted molar refractivity (Wildman–Crippen MR) is 451 cm³/mol. The Hall–Kier alpha value is -8.11. The summed E-state index contributed by atoms with van der Waals surface area (Å²) in [5.74, 6) is 0.898. The maximum atomic E-state index is 5.81. The van der Waals surface area contributed by atoms with Crippen LogP contribution in [0.1, 0.15) is 271 Å². The van der Waals surface area contributed by atoms with E-state index in [0.717, 1.165) is 55.3 Å². The highest BCUT2D eigenvalue weighted by molar-refractivity contribution is 5.82. The van der Waals surface area contributed by atoms with Gasteiger partial charge >= 0.3 is 0 Å². The average molecular weight is 1400 g/mol. The Morgan fingerprint density at radius 3 is 1.30 bits per heavy atom. The first-order chi connectivity index (χ1) is 47.3. The van der Waals surface area contributed by atoms with E-state index in [1.807, 2.05) is 98.9 Å². The molecule has 11 rings (SSSR count). The predicted octanol–water partition coefficient (Wildman–Crippen LogP) is 24.7. The summed E-state index contributed by atoms with van der Waals surface area (Å²) in [4.78, 5) is 37.6. The van der Waals surface area contributed by atoms with E-state index < -0.39 is 0 Å². The Bertz CT molecular complexity index is 3540. The molecule has 2 N–H and O–H groups in total. The fourth-order valence-corrected chi connectivity index (χ4v) is 10.1. The molecule has 1 aliphatic carbocycles. The van der Waals surface area contributed by atoms with Crippen molar-refractivity contribution >= 4 is 29.9 Å². The molecular weight excluding hydrogens is 1260 g/mol. The summed E-state index contributed by atoms with van der Waals surface area (Å²) in [6.45, 7) is 69.6. The van der Waals surface area contributed by atoms with Gasteiger partial charge in [-0.2, -0.15) is 0 Å². The summed E-state index contributed by atoms with van der Waals surface area (Å²) >= 11 is 0. The standard InChI is InChI=1S/C12H15N.2C10H15N.C10H14.C9H15N.2C9H13N.C8H12N2.2C8H13N/c1-12(2,3)10-6-7-11-9(10)5-4-8-13-11;1-8-7-9(5-6-11-8)10(2,3)4;1-10(2,3)8-6-4-5-7-9(8)11;1-10(2,3)9-7-5-4-6-8-9;1-9(2,3)6-8-4-5-10-7-8;1-9(2,3)8-5-4-6-10-7-8;1-9(2,3)8-6-4-5-7-10-8;1-8(2,3)7-9-5-4-6-10-7;1-8(2,3)7-4-5-9-6-7;1-8(2,3)7-5-4-6-9-7/h4-6,8H,7H2,1-3H3;5-7H,1-4H3;4-7H,11H2,1-3H3;4-8H,1-3H3;4,7H,5-6H2,1-3H3;2*4-7H,1-3H3;4-6H,1-3H3;4,6H,5H2,1-3H3;5-6H,4H2,1-3H3. The van der Waals surface area contributed by atoms with Crippen molar-refractivity contribution in [3.8, 4) is 0 Å². The third-order valence-corrected chi connectivity index (χ3v) is 16.2. The van der Waals surface area contributed by atoms with Gasteiger partial charge in [0, 0.05) is 114 Å². The molecule has 0 saturated heterocycles. The number of nitrogen functional groups attached to an aromatic ring is 1. The van der Waals surface area contributed by atoms with Crippen LogP contribution in [0.15, 0.2) is 215 Å². The molecule has 0 spiro atoms.